The van der Waals surface area contributed by atoms with Gasteiger partial charge in [-0.05, 0) is 19.3 Å². The second-order valence-corrected chi connectivity index (χ2v) is 6.77. The quantitative estimate of drug-likeness (QED) is 0.835. The van der Waals surface area contributed by atoms with Crippen molar-refractivity contribution in [1.29, 1.82) is 0 Å². The van der Waals surface area contributed by atoms with Gasteiger partial charge in [0, 0.05) is 11.6 Å². The minimum Gasteiger partial charge on any atom is -0.383 e. The molecule has 2 heterocycles. The van der Waals surface area contributed by atoms with Gasteiger partial charge in [0.1, 0.15) is 18.0 Å². The van der Waals surface area contributed by atoms with E-state index in [0.717, 1.165) is 12.0 Å². The summed E-state index contributed by atoms with van der Waals surface area (Å²) in [6.07, 6.45) is 3.65. The van der Waals surface area contributed by atoms with Crippen molar-refractivity contribution in [3.8, 4) is 0 Å². The molecule has 100 valence electrons. The van der Waals surface area contributed by atoms with Crippen LogP contribution in [0.25, 0.3) is 0 Å². The molecule has 18 heavy (non-hydrogen) atoms. The van der Waals surface area contributed by atoms with Crippen molar-refractivity contribution in [3.05, 3.63) is 11.9 Å². The van der Waals surface area contributed by atoms with Gasteiger partial charge in [0.2, 0.25) is 0 Å². The number of sulfone groups is 1. The van der Waals surface area contributed by atoms with Crippen molar-refractivity contribution in [2.24, 2.45) is 0 Å². The Labute approximate surface area is 107 Å². The molecule has 1 aliphatic heterocycles. The molecule has 6 nitrogen and oxygen atoms in total. The Bertz CT molecular complexity index is 530. The van der Waals surface area contributed by atoms with Gasteiger partial charge < -0.3 is 11.1 Å². The van der Waals surface area contributed by atoms with Crippen LogP contribution in [0.1, 0.15) is 25.3 Å². The van der Waals surface area contributed by atoms with Gasteiger partial charge in [-0.1, -0.05) is 6.92 Å². The molecule has 0 saturated carbocycles. The molecule has 2 rings (SSSR count). The van der Waals surface area contributed by atoms with Crippen molar-refractivity contribution < 1.29 is 8.42 Å². The standard InChI is InChI=1S/C11H18N4O2S/c1-2-9-10(12)13-7-14-11(9)15-8-4-3-5-18(16,17)6-8/h7-8H,2-6H2,1H3,(H3,12,13,14,15). The number of nitrogens with two attached hydrogens (primary N) is 1. The smallest absolute Gasteiger partial charge is 0.152 e. The minimum absolute atomic E-state index is 0.0802. The van der Waals surface area contributed by atoms with E-state index in [1.54, 1.807) is 0 Å². The summed E-state index contributed by atoms with van der Waals surface area (Å²) < 4.78 is 23.2. The summed E-state index contributed by atoms with van der Waals surface area (Å²) in [6, 6.07) is -0.0802. The number of nitrogens with one attached hydrogen (secondary N) is 1. The molecule has 0 radical (unpaired) electrons. The predicted molar refractivity (Wildman–Crippen MR) is 71.1 cm³/mol. The van der Waals surface area contributed by atoms with Crippen LogP contribution in [0, 0.1) is 0 Å². The lowest BCUT2D eigenvalue weighted by molar-refractivity contribution is 0.561. The highest BCUT2D eigenvalue weighted by Crippen LogP contribution is 2.21. The molecular weight excluding hydrogens is 252 g/mol. The molecule has 1 aromatic rings. The summed E-state index contributed by atoms with van der Waals surface area (Å²) in [5.41, 5.74) is 6.63. The van der Waals surface area contributed by atoms with Crippen LogP contribution in [0.15, 0.2) is 6.33 Å². The maximum absolute atomic E-state index is 11.6. The van der Waals surface area contributed by atoms with E-state index >= 15 is 0 Å². The molecule has 0 aromatic carbocycles. The number of nitrogens with zero attached hydrogens (tertiary/aromatic N) is 2. The van der Waals surface area contributed by atoms with E-state index in [-0.39, 0.29) is 17.5 Å². The van der Waals surface area contributed by atoms with Gasteiger partial charge in [0.25, 0.3) is 0 Å². The van der Waals surface area contributed by atoms with E-state index < -0.39 is 9.84 Å². The second kappa shape index (κ2) is 5.09. The van der Waals surface area contributed by atoms with E-state index in [1.165, 1.54) is 6.33 Å². The molecule has 1 unspecified atom stereocenters. The zero-order valence-corrected chi connectivity index (χ0v) is 11.2. The first kappa shape index (κ1) is 13.1. The molecule has 0 amide bonds. The highest BCUT2D eigenvalue weighted by Gasteiger charge is 2.25. The Balaban J connectivity index is 2.17. The van der Waals surface area contributed by atoms with Gasteiger partial charge >= 0.3 is 0 Å². The van der Waals surface area contributed by atoms with E-state index in [2.05, 4.69) is 15.3 Å². The Morgan fingerprint density at radius 2 is 2.28 bits per heavy atom. The maximum atomic E-state index is 11.6. The van der Waals surface area contributed by atoms with Crippen LogP contribution >= 0.6 is 0 Å². The fourth-order valence-electron chi connectivity index (χ4n) is 2.23. The third kappa shape index (κ3) is 2.90. The zero-order valence-electron chi connectivity index (χ0n) is 10.4. The minimum atomic E-state index is -2.92. The van der Waals surface area contributed by atoms with E-state index in [4.69, 9.17) is 5.73 Å². The fourth-order valence-corrected chi connectivity index (χ4v) is 3.87. The number of nitrogen functional groups attached to an aromatic ring is 1. The average Bonchev–Trinajstić information content (AvgIpc) is 2.28. The number of anilines is 2. The first-order valence-corrected chi connectivity index (χ1v) is 7.90. The lowest BCUT2D eigenvalue weighted by Crippen LogP contribution is -2.35. The van der Waals surface area contributed by atoms with E-state index in [1.807, 2.05) is 6.92 Å². The van der Waals surface area contributed by atoms with Crippen molar-refractivity contribution in [3.63, 3.8) is 0 Å². The normalized spacial score (nSPS) is 22.6. The summed E-state index contributed by atoms with van der Waals surface area (Å²) in [5, 5.41) is 3.19. The third-order valence-corrected chi connectivity index (χ3v) is 4.96. The van der Waals surface area contributed by atoms with Crippen molar-refractivity contribution >= 4 is 21.5 Å². The monoisotopic (exact) mass is 270 g/mol. The number of rotatable bonds is 3. The molecule has 0 bridgehead atoms. The number of aromatic nitrogens is 2. The van der Waals surface area contributed by atoms with Gasteiger partial charge in [0.05, 0.1) is 11.5 Å². The Morgan fingerprint density at radius 1 is 1.50 bits per heavy atom. The van der Waals surface area contributed by atoms with Crippen LogP contribution in [0.4, 0.5) is 11.6 Å². The Hall–Kier alpha value is -1.37. The highest BCUT2D eigenvalue weighted by atomic mass is 32.2. The van der Waals surface area contributed by atoms with Crippen LogP contribution in [0.5, 0.6) is 0 Å². The molecule has 1 fully saturated rings. The molecular formula is C11H18N4O2S. The zero-order chi connectivity index (χ0) is 13.2. The number of hydrogen-bond donors (Lipinski definition) is 2. The first-order valence-electron chi connectivity index (χ1n) is 6.08. The van der Waals surface area contributed by atoms with Crippen LogP contribution in [-0.4, -0.2) is 35.9 Å². The van der Waals surface area contributed by atoms with Gasteiger partial charge in [-0.2, -0.15) is 0 Å². The predicted octanol–water partition coefficient (Wildman–Crippen LogP) is 0.610. The van der Waals surface area contributed by atoms with E-state index in [0.29, 0.717) is 24.5 Å². The van der Waals surface area contributed by atoms with Crippen molar-refractivity contribution in [1.82, 2.24) is 9.97 Å². The highest BCUT2D eigenvalue weighted by molar-refractivity contribution is 7.91. The van der Waals surface area contributed by atoms with Gasteiger partial charge in [0.15, 0.2) is 9.84 Å². The van der Waals surface area contributed by atoms with Crippen molar-refractivity contribution in [2.45, 2.75) is 32.2 Å². The maximum Gasteiger partial charge on any atom is 0.152 e. The third-order valence-electron chi connectivity index (χ3n) is 3.14. The average molecular weight is 270 g/mol. The first-order chi connectivity index (χ1) is 8.52. The van der Waals surface area contributed by atoms with Crippen LogP contribution in [-0.2, 0) is 16.3 Å². The Morgan fingerprint density at radius 3 is 2.94 bits per heavy atom. The summed E-state index contributed by atoms with van der Waals surface area (Å²) in [5.74, 6) is 1.57. The SMILES string of the molecule is CCc1c(N)ncnc1NC1CCCS(=O)(=O)C1. The molecule has 1 saturated heterocycles. The van der Waals surface area contributed by atoms with E-state index in [9.17, 15) is 8.42 Å². The van der Waals surface area contributed by atoms with Crippen LogP contribution < -0.4 is 11.1 Å². The summed E-state index contributed by atoms with van der Waals surface area (Å²) >= 11 is 0. The van der Waals surface area contributed by atoms with Crippen molar-refractivity contribution in [2.75, 3.05) is 22.6 Å². The topological polar surface area (TPSA) is 98.0 Å². The summed E-state index contributed by atoms with van der Waals surface area (Å²) in [7, 11) is -2.92. The number of hydrogen-bond acceptors (Lipinski definition) is 6. The Kier molecular flexibility index (Phi) is 3.70. The molecule has 3 N–H and O–H groups in total. The molecule has 1 aromatic heterocycles. The van der Waals surface area contributed by atoms with Crippen LogP contribution in [0.3, 0.4) is 0 Å². The van der Waals surface area contributed by atoms with Crippen LogP contribution in [0.2, 0.25) is 0 Å². The lowest BCUT2D eigenvalue weighted by atomic mass is 10.1. The fraction of sp³-hybridized carbons (Fsp3) is 0.636. The lowest BCUT2D eigenvalue weighted by Gasteiger charge is -2.24. The largest absolute Gasteiger partial charge is 0.383 e. The molecule has 7 heteroatoms. The summed E-state index contributed by atoms with van der Waals surface area (Å²) in [4.78, 5) is 8.10. The molecule has 1 atom stereocenters. The van der Waals surface area contributed by atoms with Gasteiger partial charge in [-0.25, -0.2) is 18.4 Å². The molecule has 0 spiro atoms. The molecule has 0 aliphatic carbocycles. The van der Waals surface area contributed by atoms with Gasteiger partial charge in [-0.15, -0.1) is 0 Å². The molecule has 1 aliphatic rings. The van der Waals surface area contributed by atoms with Gasteiger partial charge in [-0.3, -0.25) is 0 Å². The second-order valence-electron chi connectivity index (χ2n) is 4.54. The summed E-state index contributed by atoms with van der Waals surface area (Å²) in [6.45, 7) is 1.97.